The molecule has 3 nitrogen and oxygen atoms in total. The summed E-state index contributed by atoms with van der Waals surface area (Å²) >= 11 is 0. The maximum Gasteiger partial charge on any atom is 0.185 e. The third kappa shape index (κ3) is 2.58. The van der Waals surface area contributed by atoms with Gasteiger partial charge >= 0.3 is 0 Å². The lowest BCUT2D eigenvalue weighted by Gasteiger charge is -2.09. The van der Waals surface area contributed by atoms with Gasteiger partial charge in [-0.05, 0) is 29.8 Å². The van der Waals surface area contributed by atoms with Gasteiger partial charge in [-0.3, -0.25) is 4.79 Å². The Morgan fingerprint density at radius 2 is 1.76 bits per heavy atom. The number of carbonyl (C=O) groups excluding carboxylic acids is 1. The zero-order chi connectivity index (χ0) is 14.7. The quantitative estimate of drug-likeness (QED) is 0.662. The number of ether oxygens (including phenoxy) is 1. The number of rotatable bonds is 4. The summed E-state index contributed by atoms with van der Waals surface area (Å²) in [7, 11) is 1.66. The van der Waals surface area contributed by atoms with E-state index in [1.54, 1.807) is 19.2 Å². The van der Waals surface area contributed by atoms with Crippen LogP contribution in [0.2, 0.25) is 0 Å². The predicted molar refractivity (Wildman–Crippen MR) is 81.5 cm³/mol. The number of carbonyl (C=O) groups is 1. The lowest BCUT2D eigenvalue weighted by Crippen LogP contribution is -1.87. The molecule has 0 bridgehead atoms. The molecule has 0 atom stereocenters. The predicted octanol–water partition coefficient (Wildman–Crippen LogP) is 4.43. The number of furan rings is 1. The van der Waals surface area contributed by atoms with Crippen molar-refractivity contribution in [3.8, 4) is 28.2 Å². The van der Waals surface area contributed by atoms with Gasteiger partial charge in [-0.15, -0.1) is 0 Å². The Bertz CT molecular complexity index is 771. The summed E-state index contributed by atoms with van der Waals surface area (Å²) in [5.41, 5.74) is 2.98. The standard InChI is InChI=1S/C18H14O3/c1-20-18-8-3-2-7-16(18)13-5-4-6-14(11-13)17-10-9-15(12-19)21-17/h2-12H,1H3. The Labute approximate surface area is 122 Å². The SMILES string of the molecule is COc1ccccc1-c1cccc(-c2ccc(C=O)o2)c1. The van der Waals surface area contributed by atoms with Gasteiger partial charge in [0.05, 0.1) is 7.11 Å². The van der Waals surface area contributed by atoms with Gasteiger partial charge < -0.3 is 9.15 Å². The highest BCUT2D eigenvalue weighted by molar-refractivity contribution is 5.76. The second-order valence-corrected chi connectivity index (χ2v) is 4.60. The molecule has 0 spiro atoms. The second-order valence-electron chi connectivity index (χ2n) is 4.60. The average molecular weight is 278 g/mol. The smallest absolute Gasteiger partial charge is 0.185 e. The summed E-state index contributed by atoms with van der Waals surface area (Å²) in [6.07, 6.45) is 0.702. The third-order valence-electron chi connectivity index (χ3n) is 3.31. The molecule has 0 N–H and O–H groups in total. The van der Waals surface area contributed by atoms with Crippen LogP contribution in [-0.4, -0.2) is 13.4 Å². The van der Waals surface area contributed by atoms with Crippen LogP contribution in [0.1, 0.15) is 10.6 Å². The molecular weight excluding hydrogens is 264 g/mol. The number of aldehydes is 1. The highest BCUT2D eigenvalue weighted by atomic mass is 16.5. The van der Waals surface area contributed by atoms with Crippen LogP contribution in [0.25, 0.3) is 22.5 Å². The van der Waals surface area contributed by atoms with Crippen molar-refractivity contribution in [1.82, 2.24) is 0 Å². The molecule has 0 aliphatic rings. The van der Waals surface area contributed by atoms with Crippen LogP contribution >= 0.6 is 0 Å². The summed E-state index contributed by atoms with van der Waals surface area (Å²) in [6.45, 7) is 0. The molecule has 2 aromatic carbocycles. The first kappa shape index (κ1) is 13.2. The van der Waals surface area contributed by atoms with Crippen molar-refractivity contribution >= 4 is 6.29 Å². The summed E-state index contributed by atoms with van der Waals surface area (Å²) < 4.78 is 10.9. The molecule has 3 rings (SSSR count). The molecule has 0 amide bonds. The van der Waals surface area contributed by atoms with Gasteiger partial charge in [0.25, 0.3) is 0 Å². The molecule has 0 aliphatic carbocycles. The van der Waals surface area contributed by atoms with E-state index < -0.39 is 0 Å². The molecule has 0 saturated heterocycles. The van der Waals surface area contributed by atoms with Crippen molar-refractivity contribution in [2.75, 3.05) is 7.11 Å². The summed E-state index contributed by atoms with van der Waals surface area (Å²) in [4.78, 5) is 10.7. The molecule has 104 valence electrons. The first-order valence-electron chi connectivity index (χ1n) is 6.60. The van der Waals surface area contributed by atoms with Gasteiger partial charge in [0, 0.05) is 11.1 Å². The fourth-order valence-corrected chi connectivity index (χ4v) is 2.29. The van der Waals surface area contributed by atoms with Crippen molar-refractivity contribution in [3.05, 3.63) is 66.4 Å². The lowest BCUT2D eigenvalue weighted by atomic mass is 10.0. The number of hydrogen-bond donors (Lipinski definition) is 0. The maximum absolute atomic E-state index is 10.7. The van der Waals surface area contributed by atoms with Crippen molar-refractivity contribution in [1.29, 1.82) is 0 Å². The van der Waals surface area contributed by atoms with E-state index in [2.05, 4.69) is 0 Å². The molecule has 3 heteroatoms. The summed E-state index contributed by atoms with van der Waals surface area (Å²) in [5.74, 6) is 1.82. The fraction of sp³-hybridized carbons (Fsp3) is 0.0556. The first-order chi connectivity index (χ1) is 10.3. The van der Waals surface area contributed by atoms with E-state index in [0.29, 0.717) is 17.8 Å². The van der Waals surface area contributed by atoms with Gasteiger partial charge in [0.1, 0.15) is 11.5 Å². The number of benzene rings is 2. The van der Waals surface area contributed by atoms with E-state index >= 15 is 0 Å². The van der Waals surface area contributed by atoms with Crippen LogP contribution < -0.4 is 4.74 Å². The number of hydrogen-bond acceptors (Lipinski definition) is 3. The Balaban J connectivity index is 2.05. The number of methoxy groups -OCH3 is 1. The maximum atomic E-state index is 10.7. The molecule has 0 radical (unpaired) electrons. The van der Waals surface area contributed by atoms with Crippen molar-refractivity contribution in [2.24, 2.45) is 0 Å². The minimum absolute atomic E-state index is 0.327. The molecule has 0 aliphatic heterocycles. The lowest BCUT2D eigenvalue weighted by molar-refractivity contribution is 0.110. The van der Waals surface area contributed by atoms with E-state index in [9.17, 15) is 4.79 Å². The van der Waals surface area contributed by atoms with Crippen LogP contribution in [0, 0.1) is 0 Å². The van der Waals surface area contributed by atoms with E-state index in [1.807, 2.05) is 48.5 Å². The van der Waals surface area contributed by atoms with E-state index in [0.717, 1.165) is 22.4 Å². The van der Waals surface area contributed by atoms with Gasteiger partial charge in [-0.25, -0.2) is 0 Å². The molecule has 1 aromatic heterocycles. The monoisotopic (exact) mass is 278 g/mol. The largest absolute Gasteiger partial charge is 0.496 e. The van der Waals surface area contributed by atoms with Crippen LogP contribution in [-0.2, 0) is 0 Å². The number of para-hydroxylation sites is 1. The van der Waals surface area contributed by atoms with Crippen LogP contribution in [0.15, 0.2) is 65.1 Å². The van der Waals surface area contributed by atoms with Gasteiger partial charge in [0.15, 0.2) is 12.0 Å². The van der Waals surface area contributed by atoms with E-state index in [-0.39, 0.29) is 0 Å². The van der Waals surface area contributed by atoms with Crippen molar-refractivity contribution in [2.45, 2.75) is 0 Å². The van der Waals surface area contributed by atoms with E-state index in [4.69, 9.17) is 9.15 Å². The van der Waals surface area contributed by atoms with Gasteiger partial charge in [-0.2, -0.15) is 0 Å². The molecule has 0 fully saturated rings. The Morgan fingerprint density at radius 1 is 0.952 bits per heavy atom. The highest BCUT2D eigenvalue weighted by Crippen LogP contribution is 2.32. The average Bonchev–Trinajstić information content (AvgIpc) is 3.04. The first-order valence-corrected chi connectivity index (χ1v) is 6.60. The zero-order valence-electron chi connectivity index (χ0n) is 11.6. The zero-order valence-corrected chi connectivity index (χ0v) is 11.6. The highest BCUT2D eigenvalue weighted by Gasteiger charge is 2.08. The molecule has 1 heterocycles. The summed E-state index contributed by atoms with van der Waals surface area (Å²) in [5, 5.41) is 0. The Hall–Kier alpha value is -2.81. The topological polar surface area (TPSA) is 39.4 Å². The minimum atomic E-state index is 0.327. The van der Waals surface area contributed by atoms with Crippen LogP contribution in [0.3, 0.4) is 0 Å². The third-order valence-corrected chi connectivity index (χ3v) is 3.31. The second kappa shape index (κ2) is 5.67. The van der Waals surface area contributed by atoms with Crippen LogP contribution in [0.5, 0.6) is 5.75 Å². The molecular formula is C18H14O3. The normalized spacial score (nSPS) is 10.3. The van der Waals surface area contributed by atoms with Gasteiger partial charge in [-0.1, -0.05) is 36.4 Å². The molecule has 21 heavy (non-hydrogen) atoms. The van der Waals surface area contributed by atoms with Crippen molar-refractivity contribution in [3.63, 3.8) is 0 Å². The Morgan fingerprint density at radius 3 is 2.52 bits per heavy atom. The van der Waals surface area contributed by atoms with E-state index in [1.165, 1.54) is 0 Å². The van der Waals surface area contributed by atoms with Gasteiger partial charge in [0.2, 0.25) is 0 Å². The van der Waals surface area contributed by atoms with Crippen LogP contribution in [0.4, 0.5) is 0 Å². The molecule has 0 unspecified atom stereocenters. The molecule has 3 aromatic rings. The minimum Gasteiger partial charge on any atom is -0.496 e. The Kier molecular flexibility index (Phi) is 3.56. The molecule has 0 saturated carbocycles. The van der Waals surface area contributed by atoms with Crippen molar-refractivity contribution < 1.29 is 13.9 Å². The summed E-state index contributed by atoms with van der Waals surface area (Å²) in [6, 6.07) is 19.3. The fourth-order valence-electron chi connectivity index (χ4n) is 2.29.